The molecule has 1 N–H and O–H groups in total. The van der Waals surface area contributed by atoms with Crippen LogP contribution in [0.3, 0.4) is 0 Å². The van der Waals surface area contributed by atoms with Crippen LogP contribution in [0.1, 0.15) is 42.2 Å². The van der Waals surface area contributed by atoms with Crippen molar-refractivity contribution in [2.45, 2.75) is 32.9 Å². The van der Waals surface area contributed by atoms with E-state index in [1.165, 1.54) is 12.1 Å². The molecule has 0 radical (unpaired) electrons. The lowest BCUT2D eigenvalue weighted by molar-refractivity contribution is 0.490. The molecule has 0 aliphatic heterocycles. The summed E-state index contributed by atoms with van der Waals surface area (Å²) in [5.41, 5.74) is 1.57. The van der Waals surface area contributed by atoms with E-state index in [9.17, 15) is 4.39 Å². The van der Waals surface area contributed by atoms with Crippen LogP contribution in [0.25, 0.3) is 0 Å². The molecule has 108 valence electrons. The first kappa shape index (κ1) is 15.7. The molecule has 2 rings (SSSR count). The number of thiazole rings is 1. The Labute approximate surface area is 131 Å². The van der Waals surface area contributed by atoms with Crippen molar-refractivity contribution in [3.8, 4) is 0 Å². The molecule has 1 aromatic carbocycles. The molecule has 0 saturated carbocycles. The highest BCUT2D eigenvalue weighted by Gasteiger charge is 2.20. The summed E-state index contributed by atoms with van der Waals surface area (Å²) in [7, 11) is 0. The first-order chi connectivity index (χ1) is 9.40. The maximum absolute atomic E-state index is 13.6. The van der Waals surface area contributed by atoms with Crippen LogP contribution in [0.15, 0.2) is 17.5 Å². The van der Waals surface area contributed by atoms with Crippen molar-refractivity contribution in [3.05, 3.63) is 49.6 Å². The van der Waals surface area contributed by atoms with Gasteiger partial charge in [-0.05, 0) is 32.9 Å². The second-order valence-corrected chi connectivity index (χ2v) is 6.37. The molecule has 1 heterocycles. The molecule has 6 heteroatoms. The fourth-order valence-electron chi connectivity index (χ4n) is 2.04. The lowest BCUT2D eigenvalue weighted by Crippen LogP contribution is -2.23. The van der Waals surface area contributed by atoms with Crippen LogP contribution in [-0.4, -0.2) is 4.98 Å². The standard InChI is InChI=1S/C14H15Cl2FN2S/c1-7-6-20-14(18-7)9(3)19-8(2)12-10(15)4-5-11(17)13(12)16/h4-6,8-9,19H,1-3H3. The maximum Gasteiger partial charge on any atom is 0.142 e. The molecule has 0 bridgehead atoms. The number of nitrogens with one attached hydrogen (secondary N) is 1. The minimum atomic E-state index is -0.461. The smallest absolute Gasteiger partial charge is 0.142 e. The second kappa shape index (κ2) is 6.39. The Kier molecular flexibility index (Phi) is 5.02. The van der Waals surface area contributed by atoms with Crippen molar-refractivity contribution < 1.29 is 4.39 Å². The molecule has 2 unspecified atom stereocenters. The van der Waals surface area contributed by atoms with E-state index < -0.39 is 5.82 Å². The summed E-state index contributed by atoms with van der Waals surface area (Å²) in [4.78, 5) is 4.44. The van der Waals surface area contributed by atoms with Crippen LogP contribution in [0.5, 0.6) is 0 Å². The second-order valence-electron chi connectivity index (χ2n) is 4.69. The van der Waals surface area contributed by atoms with E-state index >= 15 is 0 Å². The van der Waals surface area contributed by atoms with Gasteiger partial charge in [-0.25, -0.2) is 9.37 Å². The zero-order valence-electron chi connectivity index (χ0n) is 11.4. The van der Waals surface area contributed by atoms with E-state index in [0.29, 0.717) is 10.6 Å². The fraction of sp³-hybridized carbons (Fsp3) is 0.357. The van der Waals surface area contributed by atoms with E-state index in [1.807, 2.05) is 26.2 Å². The van der Waals surface area contributed by atoms with E-state index in [4.69, 9.17) is 23.2 Å². The van der Waals surface area contributed by atoms with Gasteiger partial charge in [0.15, 0.2) is 0 Å². The highest BCUT2D eigenvalue weighted by atomic mass is 35.5. The number of nitrogens with zero attached hydrogens (tertiary/aromatic N) is 1. The Balaban J connectivity index is 2.20. The van der Waals surface area contributed by atoms with Gasteiger partial charge in [0.25, 0.3) is 0 Å². The van der Waals surface area contributed by atoms with Crippen LogP contribution >= 0.6 is 34.5 Å². The molecular weight excluding hydrogens is 318 g/mol. The quantitative estimate of drug-likeness (QED) is 0.767. The Bertz CT molecular complexity index is 615. The molecule has 0 spiro atoms. The highest BCUT2D eigenvalue weighted by Crippen LogP contribution is 2.33. The lowest BCUT2D eigenvalue weighted by Gasteiger charge is -2.21. The van der Waals surface area contributed by atoms with Crippen LogP contribution in [0.4, 0.5) is 4.39 Å². The molecule has 20 heavy (non-hydrogen) atoms. The van der Waals surface area contributed by atoms with Crippen molar-refractivity contribution in [1.29, 1.82) is 0 Å². The maximum atomic E-state index is 13.6. The average Bonchev–Trinajstić information content (AvgIpc) is 2.81. The van der Waals surface area contributed by atoms with Gasteiger partial charge in [-0.1, -0.05) is 23.2 Å². The molecule has 2 atom stereocenters. The first-order valence-corrected chi connectivity index (χ1v) is 7.85. The summed E-state index contributed by atoms with van der Waals surface area (Å²) < 4.78 is 13.6. The van der Waals surface area contributed by atoms with Gasteiger partial charge in [0, 0.05) is 27.7 Å². The number of hydrogen-bond donors (Lipinski definition) is 1. The van der Waals surface area contributed by atoms with Crippen molar-refractivity contribution in [2.75, 3.05) is 0 Å². The van der Waals surface area contributed by atoms with Crippen LogP contribution in [0, 0.1) is 12.7 Å². The number of benzene rings is 1. The van der Waals surface area contributed by atoms with Gasteiger partial charge in [0.05, 0.1) is 11.1 Å². The van der Waals surface area contributed by atoms with Crippen molar-refractivity contribution in [2.24, 2.45) is 0 Å². The Hall–Kier alpha value is -0.680. The monoisotopic (exact) mass is 332 g/mol. The SMILES string of the molecule is Cc1csc(C(C)NC(C)c2c(Cl)ccc(F)c2Cl)n1. The Morgan fingerprint density at radius 2 is 1.95 bits per heavy atom. The number of aryl methyl sites for hydroxylation is 1. The number of aromatic nitrogens is 1. The Morgan fingerprint density at radius 1 is 1.25 bits per heavy atom. The summed E-state index contributed by atoms with van der Waals surface area (Å²) in [5, 5.41) is 6.86. The van der Waals surface area contributed by atoms with Gasteiger partial charge in [-0.2, -0.15) is 0 Å². The molecule has 0 aliphatic rings. The van der Waals surface area contributed by atoms with Crippen LogP contribution in [0.2, 0.25) is 10.0 Å². The predicted octanol–water partition coefficient (Wildman–Crippen LogP) is 5.31. The van der Waals surface area contributed by atoms with E-state index in [1.54, 1.807) is 11.3 Å². The fourth-order valence-corrected chi connectivity index (χ4v) is 3.55. The van der Waals surface area contributed by atoms with Crippen LogP contribution < -0.4 is 5.32 Å². The van der Waals surface area contributed by atoms with E-state index in [0.717, 1.165) is 10.7 Å². The molecule has 0 amide bonds. The van der Waals surface area contributed by atoms with Gasteiger partial charge in [-0.3, -0.25) is 0 Å². The topological polar surface area (TPSA) is 24.9 Å². The average molecular weight is 333 g/mol. The van der Waals surface area contributed by atoms with Crippen molar-refractivity contribution in [1.82, 2.24) is 10.3 Å². The van der Waals surface area contributed by atoms with Crippen molar-refractivity contribution >= 4 is 34.5 Å². The van der Waals surface area contributed by atoms with Crippen LogP contribution in [-0.2, 0) is 0 Å². The van der Waals surface area contributed by atoms with Gasteiger partial charge in [0.1, 0.15) is 10.8 Å². The lowest BCUT2D eigenvalue weighted by atomic mass is 10.1. The molecule has 0 saturated heterocycles. The molecule has 2 nitrogen and oxygen atoms in total. The third-order valence-corrected chi connectivity index (χ3v) is 4.88. The third kappa shape index (κ3) is 3.31. The van der Waals surface area contributed by atoms with Crippen molar-refractivity contribution in [3.63, 3.8) is 0 Å². The largest absolute Gasteiger partial charge is 0.301 e. The summed E-state index contributed by atoms with van der Waals surface area (Å²) in [6, 6.07) is 2.66. The minimum absolute atomic E-state index is 0.0408. The number of hydrogen-bond acceptors (Lipinski definition) is 3. The summed E-state index contributed by atoms with van der Waals surface area (Å²) in [6.45, 7) is 5.87. The molecular formula is C14H15Cl2FN2S. The van der Waals surface area contributed by atoms with Gasteiger partial charge < -0.3 is 5.32 Å². The zero-order chi connectivity index (χ0) is 14.9. The first-order valence-electron chi connectivity index (χ1n) is 6.21. The number of rotatable bonds is 4. The summed E-state index contributed by atoms with van der Waals surface area (Å²) in [5.74, 6) is -0.461. The number of halogens is 3. The van der Waals surface area contributed by atoms with E-state index in [-0.39, 0.29) is 17.1 Å². The third-order valence-electron chi connectivity index (χ3n) is 3.02. The van der Waals surface area contributed by atoms with Gasteiger partial charge >= 0.3 is 0 Å². The molecule has 0 fully saturated rings. The molecule has 2 aromatic rings. The highest BCUT2D eigenvalue weighted by molar-refractivity contribution is 7.09. The zero-order valence-corrected chi connectivity index (χ0v) is 13.7. The van der Waals surface area contributed by atoms with Gasteiger partial charge in [-0.15, -0.1) is 11.3 Å². The predicted molar refractivity (Wildman–Crippen MR) is 83.2 cm³/mol. The molecule has 0 aliphatic carbocycles. The molecule has 1 aromatic heterocycles. The summed E-state index contributed by atoms with van der Waals surface area (Å²) in [6.07, 6.45) is 0. The summed E-state index contributed by atoms with van der Waals surface area (Å²) >= 11 is 13.7. The minimum Gasteiger partial charge on any atom is -0.301 e. The van der Waals surface area contributed by atoms with Gasteiger partial charge in [0.2, 0.25) is 0 Å². The normalized spacial score (nSPS) is 14.3. The van der Waals surface area contributed by atoms with E-state index in [2.05, 4.69) is 10.3 Å². The Morgan fingerprint density at radius 3 is 2.55 bits per heavy atom.